The minimum Gasteiger partial charge on any atom is -0.488 e. The summed E-state index contributed by atoms with van der Waals surface area (Å²) in [5.74, 6) is -3.84. The van der Waals surface area contributed by atoms with Crippen LogP contribution in [0.1, 0.15) is 46.6 Å². The molecule has 1 aliphatic carbocycles. The lowest BCUT2D eigenvalue weighted by atomic mass is 9.99. The lowest BCUT2D eigenvalue weighted by Crippen LogP contribution is -2.05. The molecule has 0 aliphatic heterocycles. The van der Waals surface area contributed by atoms with Crippen molar-refractivity contribution in [2.45, 2.75) is 25.9 Å². The summed E-state index contributed by atoms with van der Waals surface area (Å²) in [7, 11) is 0. The number of hydrogen-bond acceptors (Lipinski definition) is 4. The van der Waals surface area contributed by atoms with Gasteiger partial charge in [-0.1, -0.05) is 15.9 Å². The average molecular weight is 505 g/mol. The van der Waals surface area contributed by atoms with Gasteiger partial charge in [0.1, 0.15) is 29.8 Å². The van der Waals surface area contributed by atoms with E-state index in [9.17, 15) is 23.1 Å². The molecule has 5 nitrogen and oxygen atoms in total. The molecule has 1 aromatic heterocycles. The summed E-state index contributed by atoms with van der Waals surface area (Å²) in [6, 6.07) is 6.44. The number of aromatic nitrogens is 2. The Bertz CT molecular complexity index is 1220. The number of halogens is 4. The van der Waals surface area contributed by atoms with E-state index in [2.05, 4.69) is 25.9 Å². The van der Waals surface area contributed by atoms with Crippen LogP contribution in [-0.2, 0) is 6.61 Å². The molecule has 1 aliphatic rings. The van der Waals surface area contributed by atoms with Crippen LogP contribution in [0.3, 0.4) is 0 Å². The second-order valence-corrected chi connectivity index (χ2v) is 8.10. The van der Waals surface area contributed by atoms with Crippen molar-refractivity contribution < 1.29 is 27.8 Å². The summed E-state index contributed by atoms with van der Waals surface area (Å²) in [5, 5.41) is 9.23. The molecule has 0 saturated heterocycles. The fraction of sp³-hybridized carbons (Fsp3) is 0.174. The monoisotopic (exact) mass is 504 g/mol. The summed E-state index contributed by atoms with van der Waals surface area (Å²) in [5.41, 5.74) is 2.34. The Morgan fingerprint density at radius 2 is 1.78 bits per heavy atom. The van der Waals surface area contributed by atoms with Crippen LogP contribution in [0.2, 0.25) is 0 Å². The van der Waals surface area contributed by atoms with Gasteiger partial charge in [0.05, 0.1) is 23.7 Å². The smallest absolute Gasteiger partial charge is 0.356 e. The molecule has 0 saturated carbocycles. The Hall–Kier alpha value is -3.20. The van der Waals surface area contributed by atoms with Crippen LogP contribution in [0.4, 0.5) is 13.2 Å². The maximum atomic E-state index is 14.0. The molecule has 0 spiro atoms. The number of nitrogens with zero attached hydrogens (tertiary/aromatic N) is 2. The van der Waals surface area contributed by atoms with E-state index in [0.717, 1.165) is 22.0 Å². The first-order valence-corrected chi connectivity index (χ1v) is 10.5. The van der Waals surface area contributed by atoms with Crippen LogP contribution in [-0.4, -0.2) is 21.0 Å². The van der Waals surface area contributed by atoms with Crippen molar-refractivity contribution in [3.05, 3.63) is 87.2 Å². The van der Waals surface area contributed by atoms with Crippen LogP contribution in [0.25, 0.3) is 11.1 Å². The molecule has 3 aromatic rings. The molecule has 0 atom stereocenters. The number of carbonyl (C=O) groups is 1. The van der Waals surface area contributed by atoms with Gasteiger partial charge >= 0.3 is 5.97 Å². The number of rotatable bonds is 6. The van der Waals surface area contributed by atoms with Gasteiger partial charge in [-0.05, 0) is 48.6 Å². The van der Waals surface area contributed by atoms with Crippen molar-refractivity contribution in [1.29, 1.82) is 0 Å². The summed E-state index contributed by atoms with van der Waals surface area (Å²) in [6.07, 6.45) is 4.85. The van der Waals surface area contributed by atoms with Gasteiger partial charge in [-0.2, -0.15) is 0 Å². The fourth-order valence-corrected chi connectivity index (χ4v) is 4.02. The van der Waals surface area contributed by atoms with Crippen LogP contribution in [0, 0.1) is 17.5 Å². The highest BCUT2D eigenvalue weighted by molar-refractivity contribution is 9.10. The zero-order valence-corrected chi connectivity index (χ0v) is 18.1. The van der Waals surface area contributed by atoms with E-state index in [-0.39, 0.29) is 11.3 Å². The van der Waals surface area contributed by atoms with Crippen molar-refractivity contribution in [1.82, 2.24) is 9.97 Å². The van der Waals surface area contributed by atoms with E-state index in [0.29, 0.717) is 42.0 Å². The number of benzene rings is 2. The summed E-state index contributed by atoms with van der Waals surface area (Å²) < 4.78 is 47.8. The topological polar surface area (TPSA) is 72.3 Å². The summed E-state index contributed by atoms with van der Waals surface area (Å²) in [4.78, 5) is 19.5. The highest BCUT2D eigenvalue weighted by atomic mass is 79.9. The molecule has 32 heavy (non-hydrogen) atoms. The van der Waals surface area contributed by atoms with Gasteiger partial charge in [0, 0.05) is 22.2 Å². The number of aromatic carboxylic acids is 1. The zero-order chi connectivity index (χ0) is 22.8. The van der Waals surface area contributed by atoms with E-state index < -0.39 is 30.0 Å². The van der Waals surface area contributed by atoms with Crippen LogP contribution >= 0.6 is 15.9 Å². The van der Waals surface area contributed by atoms with E-state index in [4.69, 9.17) is 4.74 Å². The van der Waals surface area contributed by atoms with E-state index in [1.54, 1.807) is 12.1 Å². The molecule has 164 valence electrons. The van der Waals surface area contributed by atoms with Gasteiger partial charge < -0.3 is 9.84 Å². The number of allylic oxidation sites excluding steroid dienone is 2. The van der Waals surface area contributed by atoms with Crippen molar-refractivity contribution in [2.24, 2.45) is 0 Å². The number of hydrogen-bond donors (Lipinski definition) is 1. The second-order valence-electron chi connectivity index (χ2n) is 7.18. The Kier molecular flexibility index (Phi) is 6.27. The first kappa shape index (κ1) is 22.0. The maximum Gasteiger partial charge on any atom is 0.356 e. The standard InChI is InChI=1S/C23H16BrF3N2O3/c24-12-4-5-22(32-11-17-18(26)7-13(25)8-19(17)27)16(6-12)14-2-1-3-15(14)20-9-28-10-21(29-20)23(30)31/h4-10H,1-3,11H2,(H,30,31). The Balaban J connectivity index is 1.72. The highest BCUT2D eigenvalue weighted by Gasteiger charge is 2.23. The van der Waals surface area contributed by atoms with E-state index in [1.807, 2.05) is 6.07 Å². The van der Waals surface area contributed by atoms with Gasteiger partial charge in [-0.15, -0.1) is 0 Å². The van der Waals surface area contributed by atoms with E-state index >= 15 is 0 Å². The Morgan fingerprint density at radius 3 is 2.50 bits per heavy atom. The van der Waals surface area contributed by atoms with E-state index in [1.165, 1.54) is 12.4 Å². The first-order valence-electron chi connectivity index (χ1n) is 9.67. The lowest BCUT2D eigenvalue weighted by molar-refractivity contribution is 0.0690. The molecular weight excluding hydrogens is 489 g/mol. The van der Waals surface area contributed by atoms with Gasteiger partial charge in [-0.3, -0.25) is 4.98 Å². The molecule has 0 radical (unpaired) electrons. The quantitative estimate of drug-likeness (QED) is 0.443. The minimum absolute atomic E-state index is 0.158. The van der Waals surface area contributed by atoms with Gasteiger partial charge in [0.2, 0.25) is 0 Å². The Morgan fingerprint density at radius 1 is 1.06 bits per heavy atom. The number of ether oxygens (including phenoxy) is 1. The maximum absolute atomic E-state index is 14.0. The number of carboxylic acid groups (broad SMARTS) is 1. The van der Waals surface area contributed by atoms with Crippen molar-refractivity contribution in [3.63, 3.8) is 0 Å². The zero-order valence-electron chi connectivity index (χ0n) is 16.5. The second kappa shape index (κ2) is 9.12. The lowest BCUT2D eigenvalue weighted by Gasteiger charge is -2.15. The summed E-state index contributed by atoms with van der Waals surface area (Å²) in [6.45, 7) is -0.427. The fourth-order valence-electron chi connectivity index (χ4n) is 3.66. The minimum atomic E-state index is -1.17. The van der Waals surface area contributed by atoms with Crippen molar-refractivity contribution in [3.8, 4) is 5.75 Å². The van der Waals surface area contributed by atoms with Crippen LogP contribution in [0.15, 0.2) is 47.2 Å². The average Bonchev–Trinajstić information content (AvgIpc) is 3.23. The highest BCUT2D eigenvalue weighted by Crippen LogP contribution is 2.43. The number of carboxylic acids is 1. The van der Waals surface area contributed by atoms with Crippen molar-refractivity contribution >= 4 is 33.0 Å². The molecule has 4 rings (SSSR count). The molecule has 0 bridgehead atoms. The summed E-state index contributed by atoms with van der Waals surface area (Å²) >= 11 is 3.43. The molecular formula is C23H16BrF3N2O3. The molecule has 1 N–H and O–H groups in total. The largest absolute Gasteiger partial charge is 0.488 e. The predicted octanol–water partition coefficient (Wildman–Crippen LogP) is 6.03. The third-order valence-corrected chi connectivity index (χ3v) is 5.62. The van der Waals surface area contributed by atoms with Gasteiger partial charge in [-0.25, -0.2) is 22.9 Å². The van der Waals surface area contributed by atoms with Crippen molar-refractivity contribution in [2.75, 3.05) is 0 Å². The molecule has 0 unspecified atom stereocenters. The molecule has 0 amide bonds. The third kappa shape index (κ3) is 4.52. The molecule has 0 fully saturated rings. The molecule has 1 heterocycles. The normalized spacial score (nSPS) is 13.5. The van der Waals surface area contributed by atoms with Crippen LogP contribution in [0.5, 0.6) is 5.75 Å². The van der Waals surface area contributed by atoms with Gasteiger partial charge in [0.15, 0.2) is 5.69 Å². The third-order valence-electron chi connectivity index (χ3n) is 5.13. The molecule has 9 heteroatoms. The van der Waals surface area contributed by atoms with Gasteiger partial charge in [0.25, 0.3) is 0 Å². The Labute approximate surface area is 189 Å². The predicted molar refractivity (Wildman–Crippen MR) is 114 cm³/mol. The first-order chi connectivity index (χ1) is 15.3. The molecule has 2 aromatic carbocycles. The van der Waals surface area contributed by atoms with Crippen LogP contribution < -0.4 is 4.74 Å². The SMILES string of the molecule is O=C(O)c1cncc(C2=C(c3cc(Br)ccc3OCc3c(F)cc(F)cc3F)CCC2)n1.